The van der Waals surface area contributed by atoms with Gasteiger partial charge in [-0.05, 0) is 82.9 Å². The van der Waals surface area contributed by atoms with Crippen LogP contribution in [0.4, 0.5) is 0 Å². The van der Waals surface area contributed by atoms with Gasteiger partial charge < -0.3 is 0 Å². The van der Waals surface area contributed by atoms with Gasteiger partial charge in [0.25, 0.3) is 0 Å². The molecule has 0 amide bonds. The van der Waals surface area contributed by atoms with Crippen molar-refractivity contribution in [3.8, 4) is 67.5 Å². The Kier molecular flexibility index (Phi) is 7.52. The molecule has 0 fully saturated rings. The Balaban J connectivity index is 1.09. The molecule has 3 heteroatoms. The fourth-order valence-corrected chi connectivity index (χ4v) is 9.16. The van der Waals surface area contributed by atoms with Gasteiger partial charge in [0, 0.05) is 22.1 Å². The quantitative estimate of drug-likeness (QED) is 0.131. The Bertz CT molecular complexity index is 3200. The lowest BCUT2D eigenvalue weighted by molar-refractivity contribution is 0.660. The first-order chi connectivity index (χ1) is 28.0. The Morgan fingerprint density at radius 1 is 0.333 bits per heavy atom. The summed E-state index contributed by atoms with van der Waals surface area (Å²) in [4.78, 5) is 15.6. The van der Waals surface area contributed by atoms with Crippen LogP contribution in [0.1, 0.15) is 25.0 Å². The summed E-state index contributed by atoms with van der Waals surface area (Å²) in [6.45, 7) is 4.65. The van der Waals surface area contributed by atoms with E-state index in [0.717, 1.165) is 27.8 Å². The molecule has 0 atom stereocenters. The zero-order valence-corrected chi connectivity index (χ0v) is 31.7. The summed E-state index contributed by atoms with van der Waals surface area (Å²) in [5.74, 6) is 1.93. The van der Waals surface area contributed by atoms with Gasteiger partial charge in [0.15, 0.2) is 17.5 Å². The van der Waals surface area contributed by atoms with Crippen molar-refractivity contribution in [1.29, 1.82) is 0 Å². The van der Waals surface area contributed by atoms with E-state index in [1.807, 2.05) is 18.2 Å². The second-order valence-electron chi connectivity index (χ2n) is 15.6. The van der Waals surface area contributed by atoms with Gasteiger partial charge in [0.2, 0.25) is 0 Å². The lowest BCUT2D eigenvalue weighted by Crippen LogP contribution is -2.14. The van der Waals surface area contributed by atoms with Gasteiger partial charge >= 0.3 is 0 Å². The monoisotopic (exact) mass is 727 g/mol. The molecule has 1 aliphatic rings. The third kappa shape index (κ3) is 5.31. The van der Waals surface area contributed by atoms with E-state index in [-0.39, 0.29) is 5.41 Å². The van der Waals surface area contributed by atoms with E-state index in [2.05, 4.69) is 184 Å². The molecule has 0 spiro atoms. The maximum absolute atomic E-state index is 5.27. The minimum atomic E-state index is -0.102. The topological polar surface area (TPSA) is 38.7 Å². The average molecular weight is 728 g/mol. The van der Waals surface area contributed by atoms with Crippen molar-refractivity contribution in [2.24, 2.45) is 0 Å². The molecule has 57 heavy (non-hydrogen) atoms. The average Bonchev–Trinajstić information content (AvgIpc) is 3.51. The highest BCUT2D eigenvalue weighted by Crippen LogP contribution is 2.53. The molecule has 1 aromatic heterocycles. The van der Waals surface area contributed by atoms with Crippen LogP contribution in [0.25, 0.3) is 99.9 Å². The minimum absolute atomic E-state index is 0.102. The van der Waals surface area contributed by atoms with Gasteiger partial charge in [-0.2, -0.15) is 0 Å². The van der Waals surface area contributed by atoms with E-state index >= 15 is 0 Å². The molecule has 1 heterocycles. The number of aromatic nitrogens is 3. The lowest BCUT2D eigenvalue weighted by Gasteiger charge is -2.21. The summed E-state index contributed by atoms with van der Waals surface area (Å²) in [5.41, 5.74) is 12.7. The number of hydrogen-bond donors (Lipinski definition) is 0. The van der Waals surface area contributed by atoms with Crippen molar-refractivity contribution < 1.29 is 0 Å². The van der Waals surface area contributed by atoms with E-state index in [9.17, 15) is 0 Å². The normalized spacial score (nSPS) is 12.9. The van der Waals surface area contributed by atoms with Crippen molar-refractivity contribution in [2.45, 2.75) is 19.3 Å². The van der Waals surface area contributed by atoms with Gasteiger partial charge in [-0.3, -0.25) is 0 Å². The van der Waals surface area contributed by atoms with E-state index in [4.69, 9.17) is 15.0 Å². The molecule has 11 rings (SSSR count). The van der Waals surface area contributed by atoms with Crippen LogP contribution in [0.5, 0.6) is 0 Å². The Morgan fingerprint density at radius 3 is 1.67 bits per heavy atom. The van der Waals surface area contributed by atoms with Crippen LogP contribution in [0.3, 0.4) is 0 Å². The molecular formula is C54H37N3. The summed E-state index contributed by atoms with van der Waals surface area (Å²) < 4.78 is 0. The number of hydrogen-bond acceptors (Lipinski definition) is 3. The SMILES string of the molecule is CC1(C)c2ccccc2-c2c(-c3ccccc3-c3nc(-c4ccccc4)nc(-c4ccc(-c5c6ccccc6cc6ccc7ccccc7c56)cc4)n3)cccc21. The first-order valence-electron chi connectivity index (χ1n) is 19.6. The van der Waals surface area contributed by atoms with Crippen LogP contribution in [0.15, 0.2) is 188 Å². The smallest absolute Gasteiger partial charge is 0.164 e. The van der Waals surface area contributed by atoms with E-state index in [0.29, 0.717) is 17.5 Å². The highest BCUT2D eigenvalue weighted by molar-refractivity contribution is 6.22. The molecule has 9 aromatic carbocycles. The second-order valence-corrected chi connectivity index (χ2v) is 15.6. The molecule has 0 unspecified atom stereocenters. The predicted molar refractivity (Wildman–Crippen MR) is 237 cm³/mol. The van der Waals surface area contributed by atoms with Gasteiger partial charge in [0.05, 0.1) is 0 Å². The zero-order chi connectivity index (χ0) is 38.1. The summed E-state index contributed by atoms with van der Waals surface area (Å²) in [6.07, 6.45) is 0. The first-order valence-corrected chi connectivity index (χ1v) is 19.6. The predicted octanol–water partition coefficient (Wildman–Crippen LogP) is 14.0. The van der Waals surface area contributed by atoms with Gasteiger partial charge in [-0.1, -0.05) is 196 Å². The second kappa shape index (κ2) is 12.9. The van der Waals surface area contributed by atoms with Crippen LogP contribution in [0, 0.1) is 0 Å². The number of rotatable bonds is 5. The molecule has 1 aliphatic carbocycles. The Hall–Kier alpha value is -7.23. The summed E-state index contributed by atoms with van der Waals surface area (Å²) >= 11 is 0. The summed E-state index contributed by atoms with van der Waals surface area (Å²) in [5, 5.41) is 7.45. The molecule has 0 bridgehead atoms. The van der Waals surface area contributed by atoms with E-state index in [1.54, 1.807) is 0 Å². The van der Waals surface area contributed by atoms with Crippen LogP contribution in [-0.2, 0) is 5.41 Å². The Morgan fingerprint density at radius 2 is 0.877 bits per heavy atom. The van der Waals surface area contributed by atoms with Gasteiger partial charge in [-0.25, -0.2) is 15.0 Å². The number of nitrogens with zero attached hydrogens (tertiary/aromatic N) is 3. The molecule has 0 saturated carbocycles. The molecule has 0 aliphatic heterocycles. The van der Waals surface area contributed by atoms with Crippen molar-refractivity contribution in [3.05, 3.63) is 199 Å². The molecule has 0 saturated heterocycles. The van der Waals surface area contributed by atoms with E-state index in [1.165, 1.54) is 65.7 Å². The molecule has 0 radical (unpaired) electrons. The van der Waals surface area contributed by atoms with Gasteiger partial charge in [0.1, 0.15) is 0 Å². The highest BCUT2D eigenvalue weighted by atomic mass is 15.0. The molecule has 10 aromatic rings. The molecule has 3 nitrogen and oxygen atoms in total. The summed E-state index contributed by atoms with van der Waals surface area (Å²) in [6, 6.07) is 67.3. The fourth-order valence-electron chi connectivity index (χ4n) is 9.16. The van der Waals surface area contributed by atoms with Crippen molar-refractivity contribution in [3.63, 3.8) is 0 Å². The fraction of sp³-hybridized carbons (Fsp3) is 0.0556. The van der Waals surface area contributed by atoms with Crippen LogP contribution < -0.4 is 0 Å². The maximum Gasteiger partial charge on any atom is 0.164 e. The number of fused-ring (bicyclic) bond motifs is 7. The van der Waals surface area contributed by atoms with Crippen LogP contribution in [-0.4, -0.2) is 15.0 Å². The molecule has 268 valence electrons. The van der Waals surface area contributed by atoms with Crippen molar-refractivity contribution in [2.75, 3.05) is 0 Å². The largest absolute Gasteiger partial charge is 0.208 e. The Labute approximate surface area is 332 Å². The zero-order valence-electron chi connectivity index (χ0n) is 31.7. The third-order valence-corrected chi connectivity index (χ3v) is 11.9. The van der Waals surface area contributed by atoms with Gasteiger partial charge in [-0.15, -0.1) is 0 Å². The lowest BCUT2D eigenvalue weighted by atomic mass is 9.82. The molecular weight excluding hydrogens is 691 g/mol. The third-order valence-electron chi connectivity index (χ3n) is 11.9. The maximum atomic E-state index is 5.27. The standard InChI is InChI=1S/C54H37N3/c1-54(2)46-25-13-12-23-45(46)50-43(24-14-26-47(50)54)42-21-10-11-22-44(42)53-56-51(36-16-4-3-5-17-36)55-52(57-53)37-30-28-35(29-31-37)48-41-20-9-7-18-38(41)33-39-32-27-34-15-6-8-19-40(34)49(39)48/h3-33H,1-2H3. The van der Waals surface area contributed by atoms with E-state index < -0.39 is 0 Å². The molecule has 0 N–H and O–H groups in total. The first kappa shape index (κ1) is 33.1. The van der Waals surface area contributed by atoms with Crippen LogP contribution in [0.2, 0.25) is 0 Å². The minimum Gasteiger partial charge on any atom is -0.208 e. The van der Waals surface area contributed by atoms with Crippen molar-refractivity contribution >= 4 is 32.3 Å². The van der Waals surface area contributed by atoms with Crippen molar-refractivity contribution in [1.82, 2.24) is 15.0 Å². The van der Waals surface area contributed by atoms with Crippen LogP contribution >= 0.6 is 0 Å². The summed E-state index contributed by atoms with van der Waals surface area (Å²) in [7, 11) is 0. The highest BCUT2D eigenvalue weighted by Gasteiger charge is 2.36. The number of benzene rings is 9.